The number of rotatable bonds is 8. The van der Waals surface area contributed by atoms with Crippen LogP contribution >= 0.6 is 11.3 Å². The van der Waals surface area contributed by atoms with Crippen molar-refractivity contribution < 1.29 is 14.4 Å². The van der Waals surface area contributed by atoms with Gasteiger partial charge in [-0.15, -0.1) is 11.3 Å². The number of benzene rings is 2. The second-order valence-electron chi connectivity index (χ2n) is 7.10. The number of nitrogens with one attached hydrogen (secondary N) is 2. The summed E-state index contributed by atoms with van der Waals surface area (Å²) in [6, 6.07) is 18.5. The number of ketones is 1. The third kappa shape index (κ3) is 5.87. The van der Waals surface area contributed by atoms with E-state index in [4.69, 9.17) is 0 Å². The molecule has 2 N–H and O–H groups in total. The van der Waals surface area contributed by atoms with Gasteiger partial charge in [-0.2, -0.15) is 0 Å². The first-order chi connectivity index (χ1) is 14.4. The van der Waals surface area contributed by atoms with Gasteiger partial charge in [-0.1, -0.05) is 42.0 Å². The number of hydrogen-bond donors (Lipinski definition) is 2. The molecule has 1 heterocycles. The van der Waals surface area contributed by atoms with Gasteiger partial charge in [0.2, 0.25) is 5.91 Å². The molecule has 2 amide bonds. The molecule has 0 aliphatic rings. The van der Waals surface area contributed by atoms with Crippen LogP contribution in [0.4, 0.5) is 5.69 Å². The quantitative estimate of drug-likeness (QED) is 0.509. The highest BCUT2D eigenvalue weighted by molar-refractivity contribution is 7.14. The van der Waals surface area contributed by atoms with Crippen molar-refractivity contribution in [3.05, 3.63) is 87.1 Å². The number of carbonyl (C=O) groups is 3. The van der Waals surface area contributed by atoms with E-state index in [1.165, 1.54) is 11.3 Å². The molecule has 6 heteroatoms. The molecule has 0 saturated heterocycles. The van der Waals surface area contributed by atoms with Gasteiger partial charge in [-0.25, -0.2) is 0 Å². The van der Waals surface area contributed by atoms with Crippen LogP contribution in [0.1, 0.15) is 48.9 Å². The van der Waals surface area contributed by atoms with Crippen molar-refractivity contribution in [2.45, 2.75) is 33.2 Å². The molecule has 0 aliphatic carbocycles. The molecule has 0 fully saturated rings. The van der Waals surface area contributed by atoms with E-state index in [1.54, 1.807) is 30.3 Å². The Morgan fingerprint density at radius 2 is 1.60 bits per heavy atom. The summed E-state index contributed by atoms with van der Waals surface area (Å²) >= 11 is 1.43. The van der Waals surface area contributed by atoms with Crippen molar-refractivity contribution in [1.29, 1.82) is 0 Å². The van der Waals surface area contributed by atoms with Crippen molar-refractivity contribution in [1.82, 2.24) is 5.32 Å². The SMILES string of the molecule is Cc1ccc(CNC(=O)c2ccccc2NC(=O)CCC(=O)c2ccc(C)s2)cc1. The number of anilines is 1. The van der Waals surface area contributed by atoms with Gasteiger partial charge in [0.1, 0.15) is 0 Å². The van der Waals surface area contributed by atoms with Crippen LogP contribution in [0.3, 0.4) is 0 Å². The summed E-state index contributed by atoms with van der Waals surface area (Å²) in [5, 5.41) is 5.64. The minimum atomic E-state index is -0.296. The zero-order valence-corrected chi connectivity index (χ0v) is 17.8. The van der Waals surface area contributed by atoms with Crippen LogP contribution in [0.2, 0.25) is 0 Å². The highest BCUT2D eigenvalue weighted by atomic mass is 32.1. The van der Waals surface area contributed by atoms with Crippen molar-refractivity contribution in [3.8, 4) is 0 Å². The predicted octanol–water partition coefficient (Wildman–Crippen LogP) is 4.90. The molecule has 0 radical (unpaired) electrons. The van der Waals surface area contributed by atoms with Gasteiger partial charge >= 0.3 is 0 Å². The molecule has 0 aliphatic heterocycles. The molecule has 30 heavy (non-hydrogen) atoms. The molecule has 3 rings (SSSR count). The minimum absolute atomic E-state index is 0.0487. The Morgan fingerprint density at radius 1 is 0.867 bits per heavy atom. The number of Topliss-reactive ketones (excluding diaryl/α,β-unsaturated/α-hetero) is 1. The Kier molecular flexibility index (Phi) is 7.14. The topological polar surface area (TPSA) is 75.3 Å². The lowest BCUT2D eigenvalue weighted by atomic mass is 10.1. The average molecular weight is 421 g/mol. The lowest BCUT2D eigenvalue weighted by Gasteiger charge is -2.11. The minimum Gasteiger partial charge on any atom is -0.348 e. The summed E-state index contributed by atoms with van der Waals surface area (Å²) < 4.78 is 0. The van der Waals surface area contributed by atoms with Gasteiger partial charge in [-0.05, 0) is 43.7 Å². The van der Waals surface area contributed by atoms with Gasteiger partial charge in [0.25, 0.3) is 5.91 Å². The average Bonchev–Trinajstić information content (AvgIpc) is 3.18. The van der Waals surface area contributed by atoms with Crippen LogP contribution in [0.5, 0.6) is 0 Å². The van der Waals surface area contributed by atoms with E-state index in [9.17, 15) is 14.4 Å². The predicted molar refractivity (Wildman–Crippen MR) is 120 cm³/mol. The summed E-state index contributed by atoms with van der Waals surface area (Å²) in [4.78, 5) is 38.9. The van der Waals surface area contributed by atoms with Crippen molar-refractivity contribution >= 4 is 34.6 Å². The lowest BCUT2D eigenvalue weighted by molar-refractivity contribution is -0.116. The van der Waals surface area contributed by atoms with Crippen LogP contribution in [-0.2, 0) is 11.3 Å². The second kappa shape index (κ2) is 9.98. The van der Waals surface area contributed by atoms with E-state index in [0.717, 1.165) is 16.0 Å². The van der Waals surface area contributed by atoms with Crippen molar-refractivity contribution in [2.75, 3.05) is 5.32 Å². The molecule has 1 aromatic heterocycles. The first kappa shape index (κ1) is 21.5. The summed E-state index contributed by atoms with van der Waals surface area (Å²) in [7, 11) is 0. The largest absolute Gasteiger partial charge is 0.348 e. The fourth-order valence-corrected chi connectivity index (χ4v) is 3.76. The highest BCUT2D eigenvalue weighted by Gasteiger charge is 2.15. The third-order valence-electron chi connectivity index (χ3n) is 4.61. The van der Waals surface area contributed by atoms with Crippen LogP contribution in [-0.4, -0.2) is 17.6 Å². The molecule has 0 unspecified atom stereocenters. The smallest absolute Gasteiger partial charge is 0.253 e. The van der Waals surface area contributed by atoms with Gasteiger partial charge in [-0.3, -0.25) is 14.4 Å². The molecular weight excluding hydrogens is 396 g/mol. The zero-order chi connectivity index (χ0) is 21.5. The molecule has 2 aromatic carbocycles. The van der Waals surface area contributed by atoms with Crippen molar-refractivity contribution in [3.63, 3.8) is 0 Å². The molecule has 3 aromatic rings. The summed E-state index contributed by atoms with van der Waals surface area (Å²) in [5.41, 5.74) is 2.98. The third-order valence-corrected chi connectivity index (χ3v) is 5.66. The molecule has 0 atom stereocenters. The maximum atomic E-state index is 12.6. The van der Waals surface area contributed by atoms with Crippen molar-refractivity contribution in [2.24, 2.45) is 0 Å². The van der Waals surface area contributed by atoms with Gasteiger partial charge in [0.05, 0.1) is 16.1 Å². The van der Waals surface area contributed by atoms with Crippen LogP contribution < -0.4 is 10.6 Å². The Bertz CT molecular complexity index is 1050. The number of hydrogen-bond acceptors (Lipinski definition) is 4. The molecular formula is C24H24N2O3S. The number of carbonyl (C=O) groups excluding carboxylic acids is 3. The zero-order valence-electron chi connectivity index (χ0n) is 17.0. The molecule has 0 spiro atoms. The van der Waals surface area contributed by atoms with Gasteiger partial charge in [0.15, 0.2) is 5.78 Å². The number of thiophene rings is 1. The fourth-order valence-electron chi connectivity index (χ4n) is 2.92. The highest BCUT2D eigenvalue weighted by Crippen LogP contribution is 2.19. The monoisotopic (exact) mass is 420 g/mol. The lowest BCUT2D eigenvalue weighted by Crippen LogP contribution is -2.25. The van der Waals surface area contributed by atoms with E-state index in [2.05, 4.69) is 10.6 Å². The van der Waals surface area contributed by atoms with Gasteiger partial charge in [0, 0.05) is 24.3 Å². The number of amides is 2. The van der Waals surface area contributed by atoms with E-state index in [0.29, 0.717) is 22.7 Å². The Hall–Kier alpha value is -3.25. The van der Waals surface area contributed by atoms with Crippen LogP contribution in [0, 0.1) is 13.8 Å². The number of para-hydroxylation sites is 1. The van der Waals surface area contributed by atoms with Crippen LogP contribution in [0.15, 0.2) is 60.7 Å². The Labute approximate surface area is 180 Å². The Morgan fingerprint density at radius 3 is 2.30 bits per heavy atom. The number of aryl methyl sites for hydroxylation is 2. The maximum Gasteiger partial charge on any atom is 0.253 e. The Balaban J connectivity index is 1.57. The molecule has 0 saturated carbocycles. The van der Waals surface area contributed by atoms with Gasteiger partial charge < -0.3 is 10.6 Å². The molecule has 0 bridgehead atoms. The second-order valence-corrected chi connectivity index (χ2v) is 8.38. The molecule has 154 valence electrons. The van der Waals surface area contributed by atoms with E-state index < -0.39 is 0 Å². The normalized spacial score (nSPS) is 10.5. The van der Waals surface area contributed by atoms with E-state index in [1.807, 2.05) is 44.2 Å². The standard InChI is InChI=1S/C24H24N2O3S/c1-16-7-10-18(11-8-16)15-25-24(29)19-5-3-4-6-20(19)26-23(28)14-12-21(27)22-13-9-17(2)30-22/h3-11,13H,12,14-15H2,1-2H3,(H,25,29)(H,26,28). The first-order valence-corrected chi connectivity index (χ1v) is 10.6. The summed E-state index contributed by atoms with van der Waals surface area (Å²) in [6.07, 6.45) is 0.197. The van der Waals surface area contributed by atoms with E-state index >= 15 is 0 Å². The fraction of sp³-hybridized carbons (Fsp3) is 0.208. The summed E-state index contributed by atoms with van der Waals surface area (Å²) in [5.74, 6) is -0.612. The summed E-state index contributed by atoms with van der Waals surface area (Å²) in [6.45, 7) is 4.35. The maximum absolute atomic E-state index is 12.6. The first-order valence-electron chi connectivity index (χ1n) is 9.74. The van der Waals surface area contributed by atoms with E-state index in [-0.39, 0.29) is 30.4 Å². The van der Waals surface area contributed by atoms with Crippen LogP contribution in [0.25, 0.3) is 0 Å². The molecule has 5 nitrogen and oxygen atoms in total.